The maximum Gasteiger partial charge on any atom is 0.255 e. The lowest BCUT2D eigenvalue weighted by Crippen LogP contribution is -2.53. The van der Waals surface area contributed by atoms with E-state index in [4.69, 9.17) is 0 Å². The average molecular weight is 405 g/mol. The molecule has 1 aromatic carbocycles. The summed E-state index contributed by atoms with van der Waals surface area (Å²) < 4.78 is 13.6. The summed E-state index contributed by atoms with van der Waals surface area (Å²) in [5.74, 6) is 1.44. The quantitative estimate of drug-likeness (QED) is 0.751. The van der Waals surface area contributed by atoms with Crippen LogP contribution < -0.4 is 0 Å². The van der Waals surface area contributed by atoms with Crippen LogP contribution in [-0.2, 0) is 4.79 Å². The highest BCUT2D eigenvalue weighted by Gasteiger charge is 2.47. The molecule has 2 amide bonds. The Hall–Kier alpha value is -1.56. The van der Waals surface area contributed by atoms with Crippen molar-refractivity contribution in [1.82, 2.24) is 9.80 Å². The lowest BCUT2D eigenvalue weighted by Gasteiger charge is -2.44. The number of thioether (sulfide) groups is 1. The van der Waals surface area contributed by atoms with Gasteiger partial charge in [-0.3, -0.25) is 9.59 Å². The standard InChI is InChI=1S/C22H29FN2O2S/c23-19-7-3-6-18(16-19)21(27)25-14-15-28-22(25)10-12-24(13-11-22)20(26)9-8-17-4-1-2-5-17/h3,6-7,16-17H,1-2,4-5,8-15H2. The maximum absolute atomic E-state index is 13.6. The number of piperidine rings is 1. The molecule has 0 aromatic heterocycles. The summed E-state index contributed by atoms with van der Waals surface area (Å²) in [5.41, 5.74) is 0.414. The number of hydrogen-bond acceptors (Lipinski definition) is 3. The fourth-order valence-electron chi connectivity index (χ4n) is 4.98. The van der Waals surface area contributed by atoms with E-state index >= 15 is 0 Å². The first kappa shape index (κ1) is 19.7. The molecule has 1 saturated carbocycles. The zero-order valence-electron chi connectivity index (χ0n) is 16.4. The number of benzene rings is 1. The SMILES string of the molecule is O=C(CCC1CCCC1)N1CCC2(CC1)SCCN2C(=O)c1cccc(F)c1. The summed E-state index contributed by atoms with van der Waals surface area (Å²) in [5, 5.41) is 0. The van der Waals surface area contributed by atoms with Gasteiger partial charge < -0.3 is 9.80 Å². The molecule has 4 rings (SSSR count). The highest BCUT2D eigenvalue weighted by molar-refractivity contribution is 8.00. The third-order valence-electron chi connectivity index (χ3n) is 6.63. The van der Waals surface area contributed by atoms with Gasteiger partial charge in [0.05, 0.1) is 4.87 Å². The Kier molecular flexibility index (Phi) is 5.95. The first-order valence-electron chi connectivity index (χ1n) is 10.6. The van der Waals surface area contributed by atoms with Crippen LogP contribution in [0.1, 0.15) is 61.7 Å². The van der Waals surface area contributed by atoms with Crippen LogP contribution in [0.3, 0.4) is 0 Å². The summed E-state index contributed by atoms with van der Waals surface area (Å²) in [6.07, 6.45) is 8.49. The molecule has 3 fully saturated rings. The Labute approximate surface area is 170 Å². The van der Waals surface area contributed by atoms with E-state index in [0.29, 0.717) is 31.6 Å². The van der Waals surface area contributed by atoms with Crippen molar-refractivity contribution >= 4 is 23.6 Å². The van der Waals surface area contributed by atoms with Gasteiger partial charge in [0.1, 0.15) is 5.82 Å². The van der Waals surface area contributed by atoms with Gasteiger partial charge in [0.15, 0.2) is 0 Å². The number of halogens is 1. The minimum absolute atomic E-state index is 0.0921. The summed E-state index contributed by atoms with van der Waals surface area (Å²) in [6, 6.07) is 5.95. The number of hydrogen-bond donors (Lipinski definition) is 0. The highest BCUT2D eigenvalue weighted by Crippen LogP contribution is 2.44. The molecule has 0 N–H and O–H groups in total. The summed E-state index contributed by atoms with van der Waals surface area (Å²) >= 11 is 1.82. The van der Waals surface area contributed by atoms with Crippen LogP contribution in [0.25, 0.3) is 0 Å². The molecule has 0 unspecified atom stereocenters. The fraction of sp³-hybridized carbons (Fsp3) is 0.636. The molecule has 1 aromatic rings. The second-order valence-corrected chi connectivity index (χ2v) is 9.79. The number of carbonyl (C=O) groups is 2. The summed E-state index contributed by atoms with van der Waals surface area (Å²) in [7, 11) is 0. The van der Waals surface area contributed by atoms with Crippen molar-refractivity contribution in [3.8, 4) is 0 Å². The molecular weight excluding hydrogens is 375 g/mol. The largest absolute Gasteiger partial charge is 0.342 e. The zero-order chi connectivity index (χ0) is 19.6. The van der Waals surface area contributed by atoms with Crippen molar-refractivity contribution in [3.63, 3.8) is 0 Å². The van der Waals surface area contributed by atoms with E-state index in [-0.39, 0.29) is 22.5 Å². The van der Waals surface area contributed by atoms with E-state index in [1.165, 1.54) is 37.8 Å². The molecule has 152 valence electrons. The van der Waals surface area contributed by atoms with Gasteiger partial charge in [0, 0.05) is 37.4 Å². The normalized spacial score (nSPS) is 22.2. The molecule has 2 aliphatic heterocycles. The Bertz CT molecular complexity index is 727. The smallest absolute Gasteiger partial charge is 0.255 e. The Balaban J connectivity index is 1.35. The predicted molar refractivity (Wildman–Crippen MR) is 110 cm³/mol. The van der Waals surface area contributed by atoms with E-state index < -0.39 is 0 Å². The molecule has 0 bridgehead atoms. The van der Waals surface area contributed by atoms with E-state index in [2.05, 4.69) is 0 Å². The summed E-state index contributed by atoms with van der Waals surface area (Å²) in [6.45, 7) is 2.11. The number of nitrogens with zero attached hydrogens (tertiary/aromatic N) is 2. The third kappa shape index (κ3) is 4.07. The van der Waals surface area contributed by atoms with Crippen molar-refractivity contribution in [1.29, 1.82) is 0 Å². The first-order chi connectivity index (χ1) is 13.6. The van der Waals surface area contributed by atoms with Crippen LogP contribution in [0.15, 0.2) is 24.3 Å². The molecule has 6 heteroatoms. The van der Waals surface area contributed by atoms with Crippen LogP contribution in [0.5, 0.6) is 0 Å². The van der Waals surface area contributed by atoms with E-state index in [0.717, 1.165) is 30.9 Å². The predicted octanol–water partition coefficient (Wildman–Crippen LogP) is 4.30. The number of amides is 2. The van der Waals surface area contributed by atoms with Gasteiger partial charge in [0.2, 0.25) is 5.91 Å². The molecule has 2 heterocycles. The molecule has 1 spiro atoms. The minimum Gasteiger partial charge on any atom is -0.342 e. The Morgan fingerprint density at radius 3 is 2.61 bits per heavy atom. The van der Waals surface area contributed by atoms with Crippen molar-refractivity contribution in [2.24, 2.45) is 5.92 Å². The molecule has 3 aliphatic rings. The minimum atomic E-state index is -0.380. The molecule has 0 radical (unpaired) electrons. The van der Waals surface area contributed by atoms with Crippen molar-refractivity contribution in [3.05, 3.63) is 35.6 Å². The Morgan fingerprint density at radius 1 is 1.14 bits per heavy atom. The van der Waals surface area contributed by atoms with Gasteiger partial charge in [-0.05, 0) is 43.4 Å². The molecular formula is C22H29FN2O2S. The van der Waals surface area contributed by atoms with E-state index in [9.17, 15) is 14.0 Å². The molecule has 2 saturated heterocycles. The topological polar surface area (TPSA) is 40.6 Å². The molecule has 4 nitrogen and oxygen atoms in total. The zero-order valence-corrected chi connectivity index (χ0v) is 17.2. The number of carbonyl (C=O) groups excluding carboxylic acids is 2. The van der Waals surface area contributed by atoms with Gasteiger partial charge in [-0.1, -0.05) is 31.7 Å². The third-order valence-corrected chi connectivity index (χ3v) is 8.19. The molecule has 1 aliphatic carbocycles. The second-order valence-electron chi connectivity index (χ2n) is 8.33. The number of likely N-dealkylation sites (tertiary alicyclic amines) is 1. The van der Waals surface area contributed by atoms with Crippen LogP contribution in [0, 0.1) is 11.7 Å². The molecule has 28 heavy (non-hydrogen) atoms. The monoisotopic (exact) mass is 404 g/mol. The van der Waals surface area contributed by atoms with E-state index in [1.54, 1.807) is 12.1 Å². The second kappa shape index (κ2) is 8.44. The lowest BCUT2D eigenvalue weighted by atomic mass is 9.98. The van der Waals surface area contributed by atoms with Gasteiger partial charge in [0.25, 0.3) is 5.91 Å². The number of rotatable bonds is 4. The van der Waals surface area contributed by atoms with Crippen molar-refractivity contribution < 1.29 is 14.0 Å². The van der Waals surface area contributed by atoms with Crippen LogP contribution in [0.2, 0.25) is 0 Å². The fourth-order valence-corrected chi connectivity index (χ4v) is 6.43. The van der Waals surface area contributed by atoms with Gasteiger partial charge in [-0.2, -0.15) is 0 Å². The van der Waals surface area contributed by atoms with Gasteiger partial charge in [-0.25, -0.2) is 4.39 Å². The van der Waals surface area contributed by atoms with E-state index in [1.807, 2.05) is 21.6 Å². The first-order valence-corrected chi connectivity index (χ1v) is 11.6. The van der Waals surface area contributed by atoms with Crippen molar-refractivity contribution in [2.75, 3.05) is 25.4 Å². The van der Waals surface area contributed by atoms with Crippen LogP contribution in [-0.4, -0.2) is 51.9 Å². The van der Waals surface area contributed by atoms with Crippen LogP contribution >= 0.6 is 11.8 Å². The maximum atomic E-state index is 13.6. The Morgan fingerprint density at radius 2 is 1.89 bits per heavy atom. The van der Waals surface area contributed by atoms with Crippen LogP contribution in [0.4, 0.5) is 4.39 Å². The van der Waals surface area contributed by atoms with Crippen molar-refractivity contribution in [2.45, 2.75) is 56.2 Å². The molecule has 0 atom stereocenters. The highest BCUT2D eigenvalue weighted by atomic mass is 32.2. The average Bonchev–Trinajstić information content (AvgIpc) is 3.36. The van der Waals surface area contributed by atoms with Gasteiger partial charge >= 0.3 is 0 Å². The summed E-state index contributed by atoms with van der Waals surface area (Å²) in [4.78, 5) is 29.3. The lowest BCUT2D eigenvalue weighted by molar-refractivity contribution is -0.133. The van der Waals surface area contributed by atoms with Gasteiger partial charge in [-0.15, -0.1) is 11.8 Å².